The normalized spacial score (nSPS) is 10.7. The highest BCUT2D eigenvalue weighted by molar-refractivity contribution is 7.80. The van der Waals surface area contributed by atoms with E-state index in [1.165, 1.54) is 11.3 Å². The molecule has 1 aromatic carbocycles. The Morgan fingerprint density at radius 1 is 1.44 bits per heavy atom. The predicted octanol–water partition coefficient (Wildman–Crippen LogP) is 3.39. The van der Waals surface area contributed by atoms with Gasteiger partial charge in [-0.15, -0.1) is 0 Å². The first-order chi connectivity index (χ1) is 8.72. The largest absolute Gasteiger partial charge is 0.308 e. The lowest BCUT2D eigenvalue weighted by atomic mass is 10.3. The molecule has 0 aliphatic rings. The number of thiocarbonyl (C=S) groups is 1. The van der Waals surface area contributed by atoms with Crippen LogP contribution in [0.2, 0.25) is 5.02 Å². The lowest BCUT2D eigenvalue weighted by Crippen LogP contribution is -2.17. The van der Waals surface area contributed by atoms with Crippen LogP contribution in [-0.4, -0.2) is 19.6 Å². The van der Waals surface area contributed by atoms with Crippen LogP contribution in [0.15, 0.2) is 36.9 Å². The molecule has 4 nitrogen and oxygen atoms in total. The summed E-state index contributed by atoms with van der Waals surface area (Å²) in [6.45, 7) is 0. The van der Waals surface area contributed by atoms with E-state index >= 15 is 0 Å². The lowest BCUT2D eigenvalue weighted by Gasteiger charge is -2.03. The minimum absolute atomic E-state index is 0.539. The Balaban J connectivity index is 1.89. The highest BCUT2D eigenvalue weighted by atomic mass is 35.5. The molecule has 0 aliphatic heterocycles. The zero-order valence-corrected chi connectivity index (χ0v) is 11.4. The summed E-state index contributed by atoms with van der Waals surface area (Å²) in [6, 6.07) is 5.60. The molecule has 3 rings (SSSR count). The quantitative estimate of drug-likeness (QED) is 0.699. The second-order valence-electron chi connectivity index (χ2n) is 3.53. The van der Waals surface area contributed by atoms with Crippen LogP contribution >= 0.6 is 35.2 Å². The van der Waals surface area contributed by atoms with Crippen molar-refractivity contribution in [1.29, 1.82) is 0 Å². The second kappa shape index (κ2) is 4.64. The standard InChI is InChI=1S/C11H7ClN4S2/c12-7-1-2-8-9(5-7)18-10(14-8)15-11(17)16-4-3-13-6-16/h1-6H,(H,14,15,17). The number of hydrogen-bond acceptors (Lipinski definition) is 4. The van der Waals surface area contributed by atoms with Crippen molar-refractivity contribution in [2.45, 2.75) is 0 Å². The first-order valence-corrected chi connectivity index (χ1v) is 6.68. The Bertz CT molecular complexity index is 705. The fourth-order valence-electron chi connectivity index (χ4n) is 1.49. The number of nitrogens with one attached hydrogen (secondary N) is 1. The number of anilines is 1. The molecule has 1 N–H and O–H groups in total. The van der Waals surface area contributed by atoms with Crippen molar-refractivity contribution in [3.05, 3.63) is 41.9 Å². The third kappa shape index (κ3) is 2.22. The maximum Gasteiger partial charge on any atom is 0.190 e. The van der Waals surface area contributed by atoms with Gasteiger partial charge >= 0.3 is 0 Å². The van der Waals surface area contributed by atoms with Crippen molar-refractivity contribution < 1.29 is 0 Å². The number of nitrogens with zero attached hydrogens (tertiary/aromatic N) is 3. The zero-order valence-electron chi connectivity index (χ0n) is 9.00. The summed E-state index contributed by atoms with van der Waals surface area (Å²) in [5, 5.41) is 5.06. The topological polar surface area (TPSA) is 42.7 Å². The van der Waals surface area contributed by atoms with Gasteiger partial charge in [0.25, 0.3) is 0 Å². The maximum absolute atomic E-state index is 5.94. The van der Waals surface area contributed by atoms with E-state index in [-0.39, 0.29) is 0 Å². The molecule has 0 spiro atoms. The SMILES string of the molecule is S=C(Nc1nc2ccc(Cl)cc2s1)n1ccnc1. The summed E-state index contributed by atoms with van der Waals surface area (Å²) in [5.74, 6) is 0. The number of thiazole rings is 1. The average molecular weight is 295 g/mol. The van der Waals surface area contributed by atoms with Gasteiger partial charge in [0.2, 0.25) is 0 Å². The number of halogens is 1. The van der Waals surface area contributed by atoms with E-state index in [0.29, 0.717) is 10.1 Å². The number of hydrogen-bond donors (Lipinski definition) is 1. The van der Waals surface area contributed by atoms with E-state index in [2.05, 4.69) is 15.3 Å². The molecule has 3 aromatic rings. The van der Waals surface area contributed by atoms with E-state index in [9.17, 15) is 0 Å². The fraction of sp³-hybridized carbons (Fsp3) is 0. The van der Waals surface area contributed by atoms with Gasteiger partial charge in [-0.05, 0) is 30.4 Å². The van der Waals surface area contributed by atoms with Crippen molar-refractivity contribution in [2.75, 3.05) is 5.32 Å². The van der Waals surface area contributed by atoms with Crippen LogP contribution in [-0.2, 0) is 0 Å². The smallest absolute Gasteiger partial charge is 0.190 e. The molecule has 0 radical (unpaired) electrons. The first kappa shape index (κ1) is 11.6. The highest BCUT2D eigenvalue weighted by Gasteiger charge is 2.06. The molecule has 0 saturated heterocycles. The minimum atomic E-state index is 0.539. The zero-order chi connectivity index (χ0) is 12.5. The van der Waals surface area contributed by atoms with Gasteiger partial charge in [0.15, 0.2) is 10.2 Å². The van der Waals surface area contributed by atoms with Crippen LogP contribution in [0, 0.1) is 0 Å². The molecule has 90 valence electrons. The molecule has 0 bridgehead atoms. The van der Waals surface area contributed by atoms with E-state index in [1.54, 1.807) is 23.3 Å². The number of aromatic nitrogens is 3. The summed E-state index contributed by atoms with van der Waals surface area (Å²) in [4.78, 5) is 8.37. The molecule has 0 atom stereocenters. The molecule has 18 heavy (non-hydrogen) atoms. The summed E-state index contributed by atoms with van der Waals surface area (Å²) < 4.78 is 2.74. The van der Waals surface area contributed by atoms with Crippen LogP contribution in [0.5, 0.6) is 0 Å². The summed E-state index contributed by atoms with van der Waals surface area (Å²) in [6.07, 6.45) is 5.09. The molecule has 2 aromatic heterocycles. The van der Waals surface area contributed by atoms with E-state index in [0.717, 1.165) is 15.3 Å². The Labute approximate surface area is 117 Å². The van der Waals surface area contributed by atoms with Crippen molar-refractivity contribution in [3.63, 3.8) is 0 Å². The molecule has 0 fully saturated rings. The molecule has 0 aliphatic carbocycles. The van der Waals surface area contributed by atoms with Gasteiger partial charge in [0.05, 0.1) is 10.2 Å². The van der Waals surface area contributed by atoms with E-state index < -0.39 is 0 Å². The first-order valence-electron chi connectivity index (χ1n) is 5.08. The monoisotopic (exact) mass is 294 g/mol. The Morgan fingerprint density at radius 2 is 2.33 bits per heavy atom. The number of benzene rings is 1. The maximum atomic E-state index is 5.94. The van der Waals surface area contributed by atoms with Crippen LogP contribution in [0.1, 0.15) is 0 Å². The number of fused-ring (bicyclic) bond motifs is 1. The molecule has 7 heteroatoms. The van der Waals surface area contributed by atoms with E-state index in [1.807, 2.05) is 18.2 Å². The summed E-state index contributed by atoms with van der Waals surface area (Å²) in [7, 11) is 0. The number of rotatable bonds is 1. The number of imidazole rings is 1. The van der Waals surface area contributed by atoms with Gasteiger partial charge in [0.1, 0.15) is 6.33 Å². The predicted molar refractivity (Wildman–Crippen MR) is 78.5 cm³/mol. The van der Waals surface area contributed by atoms with Crippen LogP contribution in [0.25, 0.3) is 10.2 Å². The van der Waals surface area contributed by atoms with Gasteiger partial charge in [0, 0.05) is 17.4 Å². The van der Waals surface area contributed by atoms with Gasteiger partial charge in [-0.2, -0.15) is 0 Å². The second-order valence-corrected chi connectivity index (χ2v) is 5.38. The van der Waals surface area contributed by atoms with Crippen molar-refractivity contribution in [3.8, 4) is 0 Å². The molecule has 2 heterocycles. The average Bonchev–Trinajstić information content (AvgIpc) is 2.95. The van der Waals surface area contributed by atoms with Crippen molar-refractivity contribution in [2.24, 2.45) is 0 Å². The Hall–Kier alpha value is -1.50. The van der Waals surface area contributed by atoms with E-state index in [4.69, 9.17) is 23.8 Å². The van der Waals surface area contributed by atoms with Crippen molar-refractivity contribution in [1.82, 2.24) is 14.5 Å². The summed E-state index contributed by atoms with van der Waals surface area (Å²) in [5.41, 5.74) is 0.903. The van der Waals surface area contributed by atoms with Crippen LogP contribution < -0.4 is 5.32 Å². The van der Waals surface area contributed by atoms with Crippen molar-refractivity contribution >= 4 is 55.6 Å². The molecular formula is C11H7ClN4S2. The van der Waals surface area contributed by atoms with Gasteiger partial charge < -0.3 is 5.32 Å². The third-order valence-electron chi connectivity index (χ3n) is 2.30. The molecular weight excluding hydrogens is 288 g/mol. The fourth-order valence-corrected chi connectivity index (χ4v) is 2.90. The van der Waals surface area contributed by atoms with Crippen LogP contribution in [0.4, 0.5) is 5.13 Å². The summed E-state index contributed by atoms with van der Waals surface area (Å²) >= 11 is 12.7. The molecule has 0 amide bonds. The lowest BCUT2D eigenvalue weighted by molar-refractivity contribution is 1.15. The Morgan fingerprint density at radius 3 is 3.11 bits per heavy atom. The van der Waals surface area contributed by atoms with Gasteiger partial charge in [-0.1, -0.05) is 22.9 Å². The minimum Gasteiger partial charge on any atom is -0.308 e. The van der Waals surface area contributed by atoms with Crippen LogP contribution in [0.3, 0.4) is 0 Å². The third-order valence-corrected chi connectivity index (χ3v) is 3.78. The molecule has 0 saturated carbocycles. The van der Waals surface area contributed by atoms with Gasteiger partial charge in [-0.25, -0.2) is 9.97 Å². The van der Waals surface area contributed by atoms with Gasteiger partial charge in [-0.3, -0.25) is 4.57 Å². The molecule has 0 unspecified atom stereocenters. The highest BCUT2D eigenvalue weighted by Crippen LogP contribution is 2.28. The Kier molecular flexibility index (Phi) is 2.99.